The fraction of sp³-hybridized carbons (Fsp3) is 0.238. The van der Waals surface area contributed by atoms with Crippen LogP contribution in [0.1, 0.15) is 18.1 Å². The Morgan fingerprint density at radius 2 is 1.82 bits per heavy atom. The molecule has 1 fully saturated rings. The first kappa shape index (κ1) is 18.2. The maximum absolute atomic E-state index is 13.0. The molecule has 2 aliphatic heterocycles. The largest absolute Gasteiger partial charge is 0.486 e. The molecule has 2 aliphatic rings. The van der Waals surface area contributed by atoms with E-state index in [4.69, 9.17) is 21.1 Å². The normalized spacial score (nSPS) is 20.4. The number of benzene rings is 2. The Hall–Kier alpha value is -3.17. The summed E-state index contributed by atoms with van der Waals surface area (Å²) in [6.45, 7) is 2.60. The summed E-state index contributed by atoms with van der Waals surface area (Å²) in [6.07, 6.45) is 0. The first-order chi connectivity index (χ1) is 13.5. The smallest absolute Gasteiger partial charge is 0.326 e. The van der Waals surface area contributed by atoms with Gasteiger partial charge in [-0.3, -0.25) is 9.69 Å². The van der Waals surface area contributed by atoms with Gasteiger partial charge in [0.05, 0.1) is 6.54 Å². The Balaban J connectivity index is 1.54. The van der Waals surface area contributed by atoms with Gasteiger partial charge in [0.25, 0.3) is 5.91 Å². The first-order valence-electron chi connectivity index (χ1n) is 8.76. The van der Waals surface area contributed by atoms with Gasteiger partial charge in [0.2, 0.25) is 0 Å². The number of nitrogens with one attached hydrogen (secondary N) is 1. The molecule has 0 aromatic heterocycles. The average Bonchev–Trinajstić information content (AvgIpc) is 2.93. The van der Waals surface area contributed by atoms with Crippen LogP contribution < -0.4 is 14.8 Å². The van der Waals surface area contributed by atoms with Crippen LogP contribution in [0.4, 0.5) is 4.79 Å². The minimum atomic E-state index is -1.19. The third-order valence-electron chi connectivity index (χ3n) is 4.71. The van der Waals surface area contributed by atoms with Gasteiger partial charge in [-0.1, -0.05) is 29.5 Å². The van der Waals surface area contributed by atoms with Gasteiger partial charge in [-0.05, 0) is 48.9 Å². The topological polar surface area (TPSA) is 67.9 Å². The fourth-order valence-corrected chi connectivity index (χ4v) is 3.27. The highest BCUT2D eigenvalue weighted by Crippen LogP contribution is 2.36. The summed E-state index contributed by atoms with van der Waals surface area (Å²) in [7, 11) is 0. The van der Waals surface area contributed by atoms with Crippen molar-refractivity contribution in [2.75, 3.05) is 19.8 Å². The zero-order chi connectivity index (χ0) is 19.7. The highest BCUT2D eigenvalue weighted by atomic mass is 35.5. The van der Waals surface area contributed by atoms with Crippen LogP contribution in [-0.2, 0) is 10.3 Å². The third-order valence-corrected chi connectivity index (χ3v) is 4.96. The van der Waals surface area contributed by atoms with Crippen LogP contribution in [0.2, 0.25) is 5.02 Å². The number of imide groups is 1. The standard InChI is InChI=1S/C21H17ClN2O4/c1-21(15-6-9-17-18(13-15)28-12-11-27-17)19(25)24(20(26)23-21)10-2-3-14-4-7-16(22)8-5-14/h4-9,13H,10-12H2,1H3,(H,23,26)/t21-/m1/s1. The summed E-state index contributed by atoms with van der Waals surface area (Å²) in [5.41, 5.74) is 0.198. The van der Waals surface area contributed by atoms with Crippen molar-refractivity contribution in [1.82, 2.24) is 10.2 Å². The summed E-state index contributed by atoms with van der Waals surface area (Å²) in [4.78, 5) is 26.5. The van der Waals surface area contributed by atoms with Crippen molar-refractivity contribution in [3.05, 3.63) is 58.6 Å². The Kier molecular flexibility index (Phi) is 4.62. The monoisotopic (exact) mass is 396 g/mol. The second kappa shape index (κ2) is 7.10. The summed E-state index contributed by atoms with van der Waals surface area (Å²) >= 11 is 5.85. The molecular weight excluding hydrogens is 380 g/mol. The van der Waals surface area contributed by atoms with Gasteiger partial charge in [0.15, 0.2) is 11.5 Å². The number of halogens is 1. The van der Waals surface area contributed by atoms with Crippen molar-refractivity contribution < 1.29 is 19.1 Å². The van der Waals surface area contributed by atoms with Crippen molar-refractivity contribution >= 4 is 23.5 Å². The molecule has 4 rings (SSSR count). The van der Waals surface area contributed by atoms with Gasteiger partial charge < -0.3 is 14.8 Å². The maximum Gasteiger partial charge on any atom is 0.326 e. The van der Waals surface area contributed by atoms with Crippen LogP contribution in [-0.4, -0.2) is 36.6 Å². The number of rotatable bonds is 2. The van der Waals surface area contributed by atoms with Crippen LogP contribution in [0, 0.1) is 11.8 Å². The molecule has 0 unspecified atom stereocenters. The molecule has 0 radical (unpaired) electrons. The minimum Gasteiger partial charge on any atom is -0.486 e. The zero-order valence-electron chi connectivity index (χ0n) is 15.1. The number of hydrogen-bond acceptors (Lipinski definition) is 4. The lowest BCUT2D eigenvalue weighted by Crippen LogP contribution is -2.41. The molecule has 142 valence electrons. The number of urea groups is 1. The van der Waals surface area contributed by atoms with Crippen LogP contribution in [0.5, 0.6) is 11.5 Å². The zero-order valence-corrected chi connectivity index (χ0v) is 15.9. The summed E-state index contributed by atoms with van der Waals surface area (Å²) in [5, 5.41) is 3.39. The number of carbonyl (C=O) groups is 2. The number of nitrogens with zero attached hydrogens (tertiary/aromatic N) is 1. The van der Waals surface area contributed by atoms with E-state index in [0.29, 0.717) is 35.3 Å². The lowest BCUT2D eigenvalue weighted by molar-refractivity contribution is -0.130. The molecule has 7 heteroatoms. The molecule has 2 aromatic carbocycles. The van der Waals surface area contributed by atoms with Crippen LogP contribution in [0.25, 0.3) is 0 Å². The van der Waals surface area contributed by atoms with Gasteiger partial charge in [0.1, 0.15) is 18.8 Å². The lowest BCUT2D eigenvalue weighted by Gasteiger charge is -2.25. The van der Waals surface area contributed by atoms with Crippen molar-refractivity contribution in [2.45, 2.75) is 12.5 Å². The van der Waals surface area contributed by atoms with Crippen molar-refractivity contribution in [3.8, 4) is 23.3 Å². The van der Waals surface area contributed by atoms with Crippen LogP contribution in [0.3, 0.4) is 0 Å². The van der Waals surface area contributed by atoms with E-state index < -0.39 is 11.6 Å². The van der Waals surface area contributed by atoms with E-state index in [0.717, 1.165) is 10.5 Å². The number of fused-ring (bicyclic) bond motifs is 1. The number of hydrogen-bond donors (Lipinski definition) is 1. The molecule has 1 atom stereocenters. The molecule has 6 nitrogen and oxygen atoms in total. The SMILES string of the molecule is C[C@]1(c2ccc3c(c2)OCCO3)NC(=O)N(CC#Cc2ccc(Cl)cc2)C1=O. The molecule has 0 bridgehead atoms. The van der Waals surface area contributed by atoms with E-state index in [1.165, 1.54) is 0 Å². The molecule has 3 amide bonds. The summed E-state index contributed by atoms with van der Waals surface area (Å²) < 4.78 is 11.1. The molecule has 2 heterocycles. The van der Waals surface area contributed by atoms with E-state index in [2.05, 4.69) is 17.2 Å². The molecule has 1 saturated heterocycles. The first-order valence-corrected chi connectivity index (χ1v) is 9.14. The second-order valence-electron chi connectivity index (χ2n) is 6.61. The highest BCUT2D eigenvalue weighted by Gasteiger charge is 2.49. The van der Waals surface area contributed by atoms with Crippen molar-refractivity contribution in [3.63, 3.8) is 0 Å². The molecule has 0 aliphatic carbocycles. The number of ether oxygens (including phenoxy) is 2. The molecule has 1 N–H and O–H groups in total. The van der Waals surface area contributed by atoms with E-state index in [-0.39, 0.29) is 12.5 Å². The molecular formula is C21H17ClN2O4. The average molecular weight is 397 g/mol. The Labute approximate surface area is 167 Å². The summed E-state index contributed by atoms with van der Waals surface area (Å²) in [5.74, 6) is 6.63. The maximum atomic E-state index is 13.0. The summed E-state index contributed by atoms with van der Waals surface area (Å²) in [6, 6.07) is 11.8. The number of carbonyl (C=O) groups excluding carboxylic acids is 2. The van der Waals surface area contributed by atoms with E-state index in [1.807, 2.05) is 0 Å². The van der Waals surface area contributed by atoms with Crippen molar-refractivity contribution in [2.24, 2.45) is 0 Å². The van der Waals surface area contributed by atoms with E-state index >= 15 is 0 Å². The Morgan fingerprint density at radius 3 is 2.57 bits per heavy atom. The quantitative estimate of drug-likeness (QED) is 0.626. The predicted octanol–water partition coefficient (Wildman–Crippen LogP) is 2.93. The molecule has 0 saturated carbocycles. The predicted molar refractivity (Wildman–Crippen MR) is 103 cm³/mol. The molecule has 0 spiro atoms. The second-order valence-corrected chi connectivity index (χ2v) is 7.05. The fourth-order valence-electron chi connectivity index (χ4n) is 3.14. The molecule has 28 heavy (non-hydrogen) atoms. The van der Waals surface area contributed by atoms with E-state index in [9.17, 15) is 9.59 Å². The van der Waals surface area contributed by atoms with Gasteiger partial charge in [0, 0.05) is 10.6 Å². The van der Waals surface area contributed by atoms with Crippen LogP contribution in [0.15, 0.2) is 42.5 Å². The molecule has 2 aromatic rings. The highest BCUT2D eigenvalue weighted by molar-refractivity contribution is 6.30. The van der Waals surface area contributed by atoms with Crippen molar-refractivity contribution in [1.29, 1.82) is 0 Å². The Morgan fingerprint density at radius 1 is 1.11 bits per heavy atom. The minimum absolute atomic E-state index is 0.00651. The Bertz CT molecular complexity index is 1010. The lowest BCUT2D eigenvalue weighted by atomic mass is 9.91. The van der Waals surface area contributed by atoms with Gasteiger partial charge in [-0.2, -0.15) is 0 Å². The van der Waals surface area contributed by atoms with Gasteiger partial charge in [-0.25, -0.2) is 4.79 Å². The van der Waals surface area contributed by atoms with Gasteiger partial charge >= 0.3 is 6.03 Å². The number of amides is 3. The van der Waals surface area contributed by atoms with Gasteiger partial charge in [-0.15, -0.1) is 0 Å². The third kappa shape index (κ3) is 3.25. The van der Waals surface area contributed by atoms with Crippen LogP contribution >= 0.6 is 11.6 Å². The van der Waals surface area contributed by atoms with E-state index in [1.54, 1.807) is 49.4 Å².